The van der Waals surface area contributed by atoms with E-state index < -0.39 is 5.91 Å². The minimum Gasteiger partial charge on any atom is -0.493 e. The molecular weight excluding hydrogens is 462 g/mol. The van der Waals surface area contributed by atoms with Gasteiger partial charge in [0.1, 0.15) is 6.61 Å². The summed E-state index contributed by atoms with van der Waals surface area (Å²) in [6.07, 6.45) is 3.44. The normalized spacial score (nSPS) is 10.7. The van der Waals surface area contributed by atoms with Crippen molar-refractivity contribution in [2.75, 3.05) is 12.4 Å². The Hall–Kier alpha value is -4.50. The molecule has 0 bridgehead atoms. The minimum absolute atomic E-state index is 0.0610. The van der Waals surface area contributed by atoms with Crippen molar-refractivity contribution in [3.63, 3.8) is 0 Å². The minimum atomic E-state index is -0.430. The maximum Gasteiger partial charge on any atom is 0.295 e. The predicted octanol–water partition coefficient (Wildman–Crippen LogP) is 5.23. The molecule has 1 amide bonds. The van der Waals surface area contributed by atoms with Gasteiger partial charge in [-0.3, -0.25) is 9.78 Å². The van der Waals surface area contributed by atoms with E-state index in [1.54, 1.807) is 42.4 Å². The lowest BCUT2D eigenvalue weighted by Gasteiger charge is -2.12. The van der Waals surface area contributed by atoms with Crippen molar-refractivity contribution in [3.05, 3.63) is 102 Å². The number of rotatable bonds is 8. The van der Waals surface area contributed by atoms with Crippen LogP contribution in [0.4, 0.5) is 5.69 Å². The number of nitrogens with one attached hydrogen (secondary N) is 1. The van der Waals surface area contributed by atoms with Gasteiger partial charge in [0.05, 0.1) is 17.7 Å². The molecule has 8 nitrogen and oxygen atoms in total. The number of carbonyl (C=O) groups excluding carboxylic acids is 1. The highest BCUT2D eigenvalue weighted by Crippen LogP contribution is 2.31. The van der Waals surface area contributed by atoms with Crippen LogP contribution in [0.1, 0.15) is 16.2 Å². The first-order valence-electron chi connectivity index (χ1n) is 10.8. The molecule has 0 spiro atoms. The summed E-state index contributed by atoms with van der Waals surface area (Å²) in [7, 11) is 1.57. The Morgan fingerprint density at radius 1 is 1.03 bits per heavy atom. The predicted molar refractivity (Wildman–Crippen MR) is 134 cm³/mol. The zero-order chi connectivity index (χ0) is 24.0. The van der Waals surface area contributed by atoms with Gasteiger partial charge < -0.3 is 14.8 Å². The second kappa shape index (κ2) is 10.2. The van der Waals surface area contributed by atoms with Crippen LogP contribution in [0.2, 0.25) is 0 Å². The van der Waals surface area contributed by atoms with Crippen molar-refractivity contribution in [3.8, 4) is 27.9 Å². The van der Waals surface area contributed by atoms with E-state index in [2.05, 4.69) is 20.4 Å². The molecule has 0 unspecified atom stereocenters. The third-order valence-corrected chi connectivity index (χ3v) is 5.96. The number of para-hydroxylation sites is 1. The smallest absolute Gasteiger partial charge is 0.295 e. The fourth-order valence-electron chi connectivity index (χ4n) is 3.42. The first-order chi connectivity index (χ1) is 17.2. The maximum absolute atomic E-state index is 13.1. The van der Waals surface area contributed by atoms with E-state index in [1.807, 2.05) is 60.0 Å². The Morgan fingerprint density at radius 2 is 1.91 bits per heavy atom. The van der Waals surface area contributed by atoms with Gasteiger partial charge in [-0.2, -0.15) is 0 Å². The average molecular weight is 484 g/mol. The number of carbonyl (C=O) groups is 1. The molecule has 0 radical (unpaired) electrons. The molecule has 5 rings (SSSR count). The molecule has 2 aromatic carbocycles. The second-order valence-electron chi connectivity index (χ2n) is 7.45. The van der Waals surface area contributed by atoms with Crippen molar-refractivity contribution in [2.45, 2.75) is 6.61 Å². The lowest BCUT2D eigenvalue weighted by atomic mass is 10.2. The molecule has 0 aliphatic rings. The number of pyridine rings is 1. The molecule has 3 heterocycles. The van der Waals surface area contributed by atoms with E-state index in [0.29, 0.717) is 29.6 Å². The molecule has 9 heteroatoms. The van der Waals surface area contributed by atoms with Gasteiger partial charge in [-0.25, -0.2) is 9.67 Å². The zero-order valence-electron chi connectivity index (χ0n) is 18.8. The van der Waals surface area contributed by atoms with Gasteiger partial charge in [0.2, 0.25) is 5.82 Å². The van der Waals surface area contributed by atoms with Crippen LogP contribution in [0.25, 0.3) is 16.4 Å². The van der Waals surface area contributed by atoms with Crippen molar-refractivity contribution in [1.82, 2.24) is 19.7 Å². The third-order valence-electron chi connectivity index (χ3n) is 5.09. The zero-order valence-corrected chi connectivity index (χ0v) is 19.6. The second-order valence-corrected chi connectivity index (χ2v) is 8.40. The third kappa shape index (κ3) is 5.04. The van der Waals surface area contributed by atoms with Gasteiger partial charge in [-0.05, 0) is 41.8 Å². The van der Waals surface area contributed by atoms with Gasteiger partial charge in [0.25, 0.3) is 5.91 Å². The number of methoxy groups -OCH3 is 1. The van der Waals surface area contributed by atoms with Crippen LogP contribution in [0.3, 0.4) is 0 Å². The molecule has 0 aliphatic carbocycles. The first-order valence-corrected chi connectivity index (χ1v) is 11.7. The highest BCUT2D eigenvalue weighted by atomic mass is 32.1. The van der Waals surface area contributed by atoms with E-state index in [-0.39, 0.29) is 5.82 Å². The van der Waals surface area contributed by atoms with Crippen LogP contribution < -0.4 is 14.8 Å². The number of thiophene rings is 1. The maximum atomic E-state index is 13.1. The van der Waals surface area contributed by atoms with Gasteiger partial charge in [0.15, 0.2) is 17.3 Å². The molecule has 0 fully saturated rings. The van der Waals surface area contributed by atoms with Crippen LogP contribution in [0.15, 0.2) is 90.6 Å². The summed E-state index contributed by atoms with van der Waals surface area (Å²) >= 11 is 1.53. The Bertz CT molecular complexity index is 1420. The van der Waals surface area contributed by atoms with E-state index in [1.165, 1.54) is 11.3 Å². The first kappa shape index (κ1) is 22.3. The quantitative estimate of drug-likeness (QED) is 0.325. The van der Waals surface area contributed by atoms with E-state index in [9.17, 15) is 4.79 Å². The van der Waals surface area contributed by atoms with Gasteiger partial charge in [-0.15, -0.1) is 16.4 Å². The summed E-state index contributed by atoms with van der Waals surface area (Å²) in [5, 5.41) is 9.33. The summed E-state index contributed by atoms with van der Waals surface area (Å²) in [4.78, 5) is 22.7. The Labute approximate surface area is 205 Å². The van der Waals surface area contributed by atoms with Crippen molar-refractivity contribution < 1.29 is 14.3 Å². The molecule has 0 aliphatic heterocycles. The number of amides is 1. The van der Waals surface area contributed by atoms with Gasteiger partial charge in [-0.1, -0.05) is 30.3 Å². The van der Waals surface area contributed by atoms with Crippen LogP contribution in [0.5, 0.6) is 11.5 Å². The Morgan fingerprint density at radius 3 is 2.66 bits per heavy atom. The van der Waals surface area contributed by atoms with Crippen molar-refractivity contribution in [2.24, 2.45) is 0 Å². The summed E-state index contributed by atoms with van der Waals surface area (Å²) in [5.74, 6) is 1.29. The fraction of sp³-hybridized carbons (Fsp3) is 0.0769. The standard InChI is InChI=1S/C26H21N5O3S/c1-33-21-12-11-19(15-22(21)34-17-18-7-5-13-27-16-18)28-26(32)24-29-25(23-10-6-14-35-23)31(30-24)20-8-3-2-4-9-20/h2-16H,17H2,1H3,(H,28,32). The summed E-state index contributed by atoms with van der Waals surface area (Å²) in [5.41, 5.74) is 2.27. The SMILES string of the molecule is COc1ccc(NC(=O)c2nc(-c3cccs3)n(-c3ccccc3)n2)cc1OCc1cccnc1. The van der Waals surface area contributed by atoms with Crippen molar-refractivity contribution in [1.29, 1.82) is 0 Å². The number of ether oxygens (including phenoxy) is 2. The number of hydrogen-bond donors (Lipinski definition) is 1. The monoisotopic (exact) mass is 483 g/mol. The lowest BCUT2D eigenvalue weighted by molar-refractivity contribution is 0.101. The molecule has 0 saturated heterocycles. The summed E-state index contributed by atoms with van der Waals surface area (Å²) in [6.45, 7) is 0.314. The highest BCUT2D eigenvalue weighted by molar-refractivity contribution is 7.13. The molecule has 0 atom stereocenters. The average Bonchev–Trinajstić information content (AvgIpc) is 3.59. The fourth-order valence-corrected chi connectivity index (χ4v) is 4.12. The highest BCUT2D eigenvalue weighted by Gasteiger charge is 2.20. The molecule has 1 N–H and O–H groups in total. The molecule has 0 saturated carbocycles. The molecule has 35 heavy (non-hydrogen) atoms. The van der Waals surface area contributed by atoms with Crippen LogP contribution >= 0.6 is 11.3 Å². The molecular formula is C26H21N5O3S. The summed E-state index contributed by atoms with van der Waals surface area (Å²) < 4.78 is 13.0. The molecule has 5 aromatic rings. The van der Waals surface area contributed by atoms with E-state index in [4.69, 9.17) is 9.47 Å². The van der Waals surface area contributed by atoms with Gasteiger partial charge in [0, 0.05) is 29.7 Å². The lowest BCUT2D eigenvalue weighted by Crippen LogP contribution is -2.14. The van der Waals surface area contributed by atoms with Gasteiger partial charge >= 0.3 is 0 Å². The Kier molecular flexibility index (Phi) is 6.49. The van der Waals surface area contributed by atoms with E-state index >= 15 is 0 Å². The molecule has 174 valence electrons. The van der Waals surface area contributed by atoms with Crippen LogP contribution in [-0.2, 0) is 6.61 Å². The number of hydrogen-bond acceptors (Lipinski definition) is 7. The van der Waals surface area contributed by atoms with E-state index in [0.717, 1.165) is 16.1 Å². The largest absolute Gasteiger partial charge is 0.493 e. The van der Waals surface area contributed by atoms with Crippen molar-refractivity contribution >= 4 is 22.9 Å². The van der Waals surface area contributed by atoms with Crippen LogP contribution in [-0.4, -0.2) is 32.8 Å². The number of nitrogens with zero attached hydrogens (tertiary/aromatic N) is 4. The number of anilines is 1. The number of aromatic nitrogens is 4. The Balaban J connectivity index is 1.39. The summed E-state index contributed by atoms with van der Waals surface area (Å²) in [6, 6.07) is 22.4. The number of benzene rings is 2. The topological polar surface area (TPSA) is 91.2 Å². The van der Waals surface area contributed by atoms with Crippen LogP contribution in [0, 0.1) is 0 Å². The molecule has 3 aromatic heterocycles.